The summed E-state index contributed by atoms with van der Waals surface area (Å²) in [5.74, 6) is 0.532. The summed E-state index contributed by atoms with van der Waals surface area (Å²) in [6.07, 6.45) is 0. The van der Waals surface area contributed by atoms with E-state index in [0.717, 1.165) is 12.3 Å². The van der Waals surface area contributed by atoms with Crippen LogP contribution in [0.5, 0.6) is 11.5 Å². The normalized spacial score (nSPS) is 20.5. The van der Waals surface area contributed by atoms with Crippen LogP contribution in [-0.4, -0.2) is 58.7 Å². The van der Waals surface area contributed by atoms with E-state index in [1.54, 1.807) is 18.2 Å². The van der Waals surface area contributed by atoms with Crippen molar-refractivity contribution in [3.63, 3.8) is 0 Å². The number of rotatable bonds is 6. The van der Waals surface area contributed by atoms with Crippen LogP contribution >= 0.6 is 11.8 Å². The minimum atomic E-state index is -1.06. The van der Waals surface area contributed by atoms with Gasteiger partial charge in [-0.1, -0.05) is 6.92 Å². The van der Waals surface area contributed by atoms with Crippen LogP contribution in [0.1, 0.15) is 31.1 Å². The lowest BCUT2D eigenvalue weighted by Gasteiger charge is -2.37. The van der Waals surface area contributed by atoms with Crippen LogP contribution in [0.3, 0.4) is 0 Å². The lowest BCUT2D eigenvalue weighted by atomic mass is 10.1. The highest BCUT2D eigenvalue weighted by atomic mass is 32.2. The molecule has 1 aromatic carbocycles. The first kappa shape index (κ1) is 18.4. The Hall–Kier alpha value is -1.89. The monoisotopic (exact) mass is 353 g/mol. The molecule has 2 atom stereocenters. The van der Waals surface area contributed by atoms with E-state index in [2.05, 4.69) is 13.8 Å². The number of thioether (sulfide) groups is 1. The molecule has 1 aliphatic rings. The number of carbonyl (C=O) groups is 2. The van der Waals surface area contributed by atoms with Crippen molar-refractivity contribution in [2.24, 2.45) is 0 Å². The van der Waals surface area contributed by atoms with Crippen molar-refractivity contribution >= 4 is 23.6 Å². The Bertz CT molecular complexity index is 607. The van der Waals surface area contributed by atoms with Crippen LogP contribution in [-0.2, 0) is 4.79 Å². The van der Waals surface area contributed by atoms with Gasteiger partial charge in [0.15, 0.2) is 18.1 Å². The Kier molecular flexibility index (Phi) is 6.36. The number of nitrogens with zero attached hydrogens (tertiary/aromatic N) is 1. The average molecular weight is 353 g/mol. The quantitative estimate of drug-likeness (QED) is 0.847. The SMILES string of the molecule is CCOc1cc(C(=O)N2CCSC(C)C2C)ccc1OCC(=O)O. The smallest absolute Gasteiger partial charge is 0.341 e. The summed E-state index contributed by atoms with van der Waals surface area (Å²) in [5.41, 5.74) is 0.520. The molecule has 1 heterocycles. The van der Waals surface area contributed by atoms with E-state index >= 15 is 0 Å². The Balaban J connectivity index is 2.21. The molecule has 0 radical (unpaired) electrons. The molecule has 1 saturated heterocycles. The molecule has 1 aliphatic heterocycles. The van der Waals surface area contributed by atoms with Gasteiger partial charge in [-0.25, -0.2) is 4.79 Å². The van der Waals surface area contributed by atoms with E-state index in [1.807, 2.05) is 23.6 Å². The number of carbonyl (C=O) groups excluding carboxylic acids is 1. The highest BCUT2D eigenvalue weighted by Gasteiger charge is 2.29. The van der Waals surface area contributed by atoms with E-state index < -0.39 is 12.6 Å². The van der Waals surface area contributed by atoms with Crippen LogP contribution in [0.2, 0.25) is 0 Å². The predicted molar refractivity (Wildman–Crippen MR) is 93.2 cm³/mol. The zero-order valence-electron chi connectivity index (χ0n) is 14.2. The highest BCUT2D eigenvalue weighted by molar-refractivity contribution is 8.00. The molecule has 0 saturated carbocycles. The molecule has 0 aliphatic carbocycles. The zero-order valence-corrected chi connectivity index (χ0v) is 15.0. The second-order valence-corrected chi connectivity index (χ2v) is 7.08. The fourth-order valence-electron chi connectivity index (χ4n) is 2.55. The lowest BCUT2D eigenvalue weighted by molar-refractivity contribution is -0.139. The highest BCUT2D eigenvalue weighted by Crippen LogP contribution is 2.31. The first-order valence-corrected chi connectivity index (χ1v) is 9.03. The first-order valence-electron chi connectivity index (χ1n) is 7.98. The number of hydrogen-bond acceptors (Lipinski definition) is 5. The second-order valence-electron chi connectivity index (χ2n) is 5.59. The van der Waals surface area contributed by atoms with Crippen molar-refractivity contribution in [3.05, 3.63) is 23.8 Å². The maximum absolute atomic E-state index is 12.8. The molecule has 1 aromatic rings. The third-order valence-corrected chi connectivity index (χ3v) is 5.32. The van der Waals surface area contributed by atoms with Gasteiger partial charge in [0, 0.05) is 29.2 Å². The van der Waals surface area contributed by atoms with Gasteiger partial charge in [-0.2, -0.15) is 11.8 Å². The van der Waals surface area contributed by atoms with Gasteiger partial charge < -0.3 is 19.5 Å². The van der Waals surface area contributed by atoms with Gasteiger partial charge in [0.2, 0.25) is 0 Å². The molecule has 7 heteroatoms. The number of carboxylic acids is 1. The average Bonchev–Trinajstić information content (AvgIpc) is 2.55. The van der Waals surface area contributed by atoms with Crippen LogP contribution in [0.25, 0.3) is 0 Å². The summed E-state index contributed by atoms with van der Waals surface area (Å²) in [4.78, 5) is 25.4. The zero-order chi connectivity index (χ0) is 17.7. The van der Waals surface area contributed by atoms with E-state index in [1.165, 1.54) is 0 Å². The maximum atomic E-state index is 12.8. The Labute approximate surface area is 146 Å². The van der Waals surface area contributed by atoms with Gasteiger partial charge in [0.25, 0.3) is 5.91 Å². The van der Waals surface area contributed by atoms with E-state index in [4.69, 9.17) is 14.6 Å². The number of aliphatic carboxylic acids is 1. The van der Waals surface area contributed by atoms with Crippen LogP contribution in [0.15, 0.2) is 18.2 Å². The molecule has 2 rings (SSSR count). The van der Waals surface area contributed by atoms with Crippen molar-refractivity contribution in [1.29, 1.82) is 0 Å². The van der Waals surface area contributed by atoms with Crippen LogP contribution in [0, 0.1) is 0 Å². The Morgan fingerprint density at radius 3 is 2.71 bits per heavy atom. The van der Waals surface area contributed by atoms with Crippen molar-refractivity contribution in [3.8, 4) is 11.5 Å². The molecule has 1 fully saturated rings. The van der Waals surface area contributed by atoms with E-state index in [0.29, 0.717) is 28.9 Å². The molecule has 24 heavy (non-hydrogen) atoms. The number of hydrogen-bond donors (Lipinski definition) is 1. The maximum Gasteiger partial charge on any atom is 0.341 e. The molecule has 2 unspecified atom stereocenters. The summed E-state index contributed by atoms with van der Waals surface area (Å²) in [5, 5.41) is 9.13. The third-order valence-electron chi connectivity index (χ3n) is 3.99. The van der Waals surface area contributed by atoms with Crippen molar-refractivity contribution in [1.82, 2.24) is 4.90 Å². The van der Waals surface area contributed by atoms with E-state index in [9.17, 15) is 9.59 Å². The van der Waals surface area contributed by atoms with Crippen molar-refractivity contribution < 1.29 is 24.2 Å². The van der Waals surface area contributed by atoms with Gasteiger partial charge in [-0.3, -0.25) is 4.79 Å². The molecule has 0 aromatic heterocycles. The first-order chi connectivity index (χ1) is 11.4. The Morgan fingerprint density at radius 2 is 2.04 bits per heavy atom. The number of amides is 1. The fourth-order valence-corrected chi connectivity index (χ4v) is 3.65. The number of benzene rings is 1. The lowest BCUT2D eigenvalue weighted by Crippen LogP contribution is -2.47. The Morgan fingerprint density at radius 1 is 1.29 bits per heavy atom. The van der Waals surface area contributed by atoms with E-state index in [-0.39, 0.29) is 11.9 Å². The topological polar surface area (TPSA) is 76.1 Å². The summed E-state index contributed by atoms with van der Waals surface area (Å²) < 4.78 is 10.7. The fraction of sp³-hybridized carbons (Fsp3) is 0.529. The minimum absolute atomic E-state index is 0.0413. The molecule has 6 nitrogen and oxygen atoms in total. The molecular formula is C17H23NO5S. The summed E-state index contributed by atoms with van der Waals surface area (Å²) in [7, 11) is 0. The van der Waals surface area contributed by atoms with Gasteiger partial charge in [-0.05, 0) is 32.0 Å². The number of ether oxygens (including phenoxy) is 2. The molecule has 1 amide bonds. The second kappa shape index (κ2) is 8.28. The molecule has 0 spiro atoms. The van der Waals surface area contributed by atoms with Crippen LogP contribution < -0.4 is 9.47 Å². The summed E-state index contributed by atoms with van der Waals surface area (Å²) in [6, 6.07) is 5.03. The molecule has 1 N–H and O–H groups in total. The third kappa shape index (κ3) is 4.35. The van der Waals surface area contributed by atoms with Crippen molar-refractivity contribution in [2.75, 3.05) is 25.5 Å². The van der Waals surface area contributed by atoms with Gasteiger partial charge >= 0.3 is 5.97 Å². The molecular weight excluding hydrogens is 330 g/mol. The molecule has 0 bridgehead atoms. The standard InChI is InChI=1S/C17H23NO5S/c1-4-22-15-9-13(5-6-14(15)23-10-16(19)20)17(21)18-7-8-24-12(3)11(18)2/h5-6,9,11-12H,4,7-8,10H2,1-3H3,(H,19,20). The largest absolute Gasteiger partial charge is 0.490 e. The predicted octanol–water partition coefficient (Wildman–Crippen LogP) is 2.51. The van der Waals surface area contributed by atoms with Gasteiger partial charge in [0.05, 0.1) is 6.61 Å². The summed E-state index contributed by atoms with van der Waals surface area (Å²) in [6.45, 7) is 6.67. The van der Waals surface area contributed by atoms with Gasteiger partial charge in [0.1, 0.15) is 0 Å². The summed E-state index contributed by atoms with van der Waals surface area (Å²) >= 11 is 1.87. The molecule has 132 valence electrons. The van der Waals surface area contributed by atoms with Crippen LogP contribution in [0.4, 0.5) is 0 Å². The van der Waals surface area contributed by atoms with Crippen molar-refractivity contribution in [2.45, 2.75) is 32.1 Å². The minimum Gasteiger partial charge on any atom is -0.490 e. The van der Waals surface area contributed by atoms with Gasteiger partial charge in [-0.15, -0.1) is 0 Å². The number of carboxylic acid groups (broad SMARTS) is 1.